The molecule has 6 heterocycles. The molecule has 74 heavy (non-hydrogen) atoms. The van der Waals surface area contributed by atoms with Gasteiger partial charge in [-0.1, -0.05) is 121 Å². The number of rotatable bonds is 4. The first-order valence-corrected chi connectivity index (χ1v) is 26.7. The molecule has 0 unspecified atom stereocenters. The van der Waals surface area contributed by atoms with Crippen molar-refractivity contribution in [3.8, 4) is 11.4 Å². The van der Waals surface area contributed by atoms with E-state index in [1.807, 2.05) is 48.3 Å². The van der Waals surface area contributed by atoms with Crippen LogP contribution in [0.15, 0.2) is 238 Å². The lowest BCUT2D eigenvalue weighted by Gasteiger charge is -2.35. The first kappa shape index (κ1) is 41.8. The summed E-state index contributed by atoms with van der Waals surface area (Å²) in [6.07, 6.45) is 7.55. The van der Waals surface area contributed by atoms with E-state index in [0.717, 1.165) is 45.2 Å². The molecule has 6 nitrogen and oxygen atoms in total. The first-order valence-electron chi connectivity index (χ1n) is 25.0. The summed E-state index contributed by atoms with van der Waals surface area (Å²) in [7, 11) is 0. The summed E-state index contributed by atoms with van der Waals surface area (Å²) >= 11 is 3.73. The lowest BCUT2D eigenvalue weighted by atomic mass is 9.93. The maximum atomic E-state index is 4.40. The molecule has 2 aliphatic heterocycles. The largest absolute Gasteiger partial charge is 0.309 e. The second-order valence-electron chi connectivity index (χ2n) is 19.6. The van der Waals surface area contributed by atoms with Crippen molar-refractivity contribution in [2.75, 3.05) is 9.80 Å². The average Bonchev–Trinajstić information content (AvgIpc) is 4.00. The van der Waals surface area contributed by atoms with Crippen LogP contribution < -0.4 is 9.80 Å². The molecule has 0 radical (unpaired) electrons. The van der Waals surface area contributed by atoms with E-state index in [-0.39, 0.29) is 0 Å². The summed E-state index contributed by atoms with van der Waals surface area (Å²) in [5, 5.41) is 12.1. The molecule has 10 aromatic carbocycles. The number of pyridine rings is 2. The van der Waals surface area contributed by atoms with Gasteiger partial charge in [-0.15, -0.1) is 0 Å². The van der Waals surface area contributed by atoms with Crippen LogP contribution in [0.5, 0.6) is 0 Å². The van der Waals surface area contributed by atoms with E-state index in [2.05, 4.69) is 237 Å². The number of hydrogen-bond donors (Lipinski definition) is 0. The third-order valence-corrected chi connectivity index (χ3v) is 17.5. The highest BCUT2D eigenvalue weighted by Crippen LogP contribution is 2.58. The van der Waals surface area contributed by atoms with E-state index >= 15 is 0 Å². The zero-order valence-electron chi connectivity index (χ0n) is 40.3. The average molecular weight is 983 g/mol. The van der Waals surface area contributed by atoms with Crippen molar-refractivity contribution in [2.24, 2.45) is 0 Å². The van der Waals surface area contributed by atoms with E-state index < -0.39 is 0 Å². The van der Waals surface area contributed by atoms with Crippen LogP contribution in [-0.2, 0) is 0 Å². The molecule has 14 aromatic rings. The van der Waals surface area contributed by atoms with Gasteiger partial charge >= 0.3 is 0 Å². The molecule has 4 aromatic heterocycles. The molecule has 0 bridgehead atoms. The Bertz CT molecular complexity index is 4410. The highest BCUT2D eigenvalue weighted by Gasteiger charge is 2.32. The SMILES string of the molecule is Cc1ccc2c(c1)N(c1cc3c4ccccc4c(N4c5cc(C)ccc5Sc5cc6c7ccccc7n(-c7ccncc7)c6cc54)cc3c3ccccc13)c1cc3c(cc1S2)c1ccccc1n3-c1ccncc1. The maximum Gasteiger partial charge on any atom is 0.0623 e. The summed E-state index contributed by atoms with van der Waals surface area (Å²) in [5.41, 5.74) is 16.3. The maximum absolute atomic E-state index is 4.40. The molecule has 0 amide bonds. The Morgan fingerprint density at radius 2 is 0.662 bits per heavy atom. The van der Waals surface area contributed by atoms with Gasteiger partial charge in [-0.2, -0.15) is 0 Å². The van der Waals surface area contributed by atoms with Gasteiger partial charge < -0.3 is 18.9 Å². The Hall–Kier alpha value is -8.82. The number of aromatic nitrogens is 4. The van der Waals surface area contributed by atoms with Crippen molar-refractivity contribution < 1.29 is 0 Å². The highest BCUT2D eigenvalue weighted by molar-refractivity contribution is 8.00. The Kier molecular flexibility index (Phi) is 8.94. The minimum absolute atomic E-state index is 1.09. The molecule has 0 spiro atoms. The minimum Gasteiger partial charge on any atom is -0.309 e. The van der Waals surface area contributed by atoms with Crippen molar-refractivity contribution in [1.82, 2.24) is 19.1 Å². The van der Waals surface area contributed by atoms with E-state index in [4.69, 9.17) is 0 Å². The zero-order chi connectivity index (χ0) is 48.8. The number of anilines is 6. The van der Waals surface area contributed by atoms with Crippen LogP contribution in [0.4, 0.5) is 34.1 Å². The van der Waals surface area contributed by atoms with Gasteiger partial charge in [0.25, 0.3) is 0 Å². The van der Waals surface area contributed by atoms with Crippen molar-refractivity contribution in [1.29, 1.82) is 0 Å². The van der Waals surface area contributed by atoms with E-state index in [9.17, 15) is 0 Å². The summed E-state index contributed by atoms with van der Waals surface area (Å²) in [5.74, 6) is 0. The lowest BCUT2D eigenvalue weighted by Crippen LogP contribution is -2.16. The van der Waals surface area contributed by atoms with Crippen molar-refractivity contribution >= 4 is 134 Å². The van der Waals surface area contributed by atoms with Crippen LogP contribution in [0.3, 0.4) is 0 Å². The van der Waals surface area contributed by atoms with Gasteiger partial charge in [0.1, 0.15) is 0 Å². The fraction of sp³-hybridized carbons (Fsp3) is 0.0303. The lowest BCUT2D eigenvalue weighted by molar-refractivity contribution is 1.14. The number of aryl methyl sites for hydroxylation is 2. The molecular weight excluding hydrogens is 941 g/mol. The van der Waals surface area contributed by atoms with Crippen LogP contribution in [-0.4, -0.2) is 19.1 Å². The Morgan fingerprint density at radius 3 is 1.09 bits per heavy atom. The van der Waals surface area contributed by atoms with Gasteiger partial charge in [-0.3, -0.25) is 9.97 Å². The fourth-order valence-electron chi connectivity index (χ4n) is 12.1. The summed E-state index contributed by atoms with van der Waals surface area (Å²) in [6.45, 7) is 4.41. The van der Waals surface area contributed by atoms with E-state index in [1.54, 1.807) is 0 Å². The number of benzene rings is 10. The monoisotopic (exact) mass is 982 g/mol. The second-order valence-corrected chi connectivity index (χ2v) is 21.8. The topological polar surface area (TPSA) is 42.1 Å². The molecule has 0 N–H and O–H groups in total. The third kappa shape index (κ3) is 6.04. The predicted octanol–water partition coefficient (Wildman–Crippen LogP) is 18.6. The molecule has 0 saturated heterocycles. The van der Waals surface area contributed by atoms with Crippen LogP contribution in [0.2, 0.25) is 0 Å². The molecule has 8 heteroatoms. The Labute approximate surface area is 434 Å². The van der Waals surface area contributed by atoms with Crippen LogP contribution in [0.1, 0.15) is 11.1 Å². The molecule has 348 valence electrons. The number of hydrogen-bond acceptors (Lipinski definition) is 6. The van der Waals surface area contributed by atoms with Crippen LogP contribution >= 0.6 is 23.5 Å². The van der Waals surface area contributed by atoms with Crippen molar-refractivity contribution in [2.45, 2.75) is 33.4 Å². The Morgan fingerprint density at radius 1 is 0.284 bits per heavy atom. The van der Waals surface area contributed by atoms with Crippen molar-refractivity contribution in [3.63, 3.8) is 0 Å². The van der Waals surface area contributed by atoms with Crippen LogP contribution in [0.25, 0.3) is 87.3 Å². The van der Waals surface area contributed by atoms with Gasteiger partial charge in [0.05, 0.1) is 56.2 Å². The van der Waals surface area contributed by atoms with Gasteiger partial charge in [0.2, 0.25) is 0 Å². The molecular formula is C66H42N6S2. The number of fused-ring (bicyclic) bond motifs is 15. The molecule has 0 aliphatic carbocycles. The molecule has 16 rings (SSSR count). The van der Waals surface area contributed by atoms with Gasteiger partial charge in [0.15, 0.2) is 0 Å². The first-order chi connectivity index (χ1) is 36.5. The van der Waals surface area contributed by atoms with Gasteiger partial charge in [-0.25, -0.2) is 0 Å². The number of para-hydroxylation sites is 2. The smallest absolute Gasteiger partial charge is 0.0623 e. The zero-order valence-corrected chi connectivity index (χ0v) is 41.9. The normalized spacial score (nSPS) is 13.1. The summed E-state index contributed by atoms with van der Waals surface area (Å²) < 4.78 is 4.80. The highest BCUT2D eigenvalue weighted by atomic mass is 32.2. The van der Waals surface area contributed by atoms with E-state index in [0.29, 0.717) is 0 Å². The minimum atomic E-state index is 1.09. The molecule has 0 atom stereocenters. The standard InChI is InChI=1S/C66H42N6S2/c1-39-19-21-63-59(31-39)71(61-37-57-51(35-65(61)73-63)47-15-7-9-17-53(47)69(57)41-23-27-67-28-24-41)55-33-49-44-12-4-6-14-46(44)56(34-50(49)43-11-3-5-13-45(43)55)72-60-32-40(2)20-22-64(60)74-66-36-52-48-16-8-10-18-54(48)70(58(52)38-62(66)72)42-25-29-68-30-26-42/h3-38H,1-2H3. The summed E-state index contributed by atoms with van der Waals surface area (Å²) in [6, 6.07) is 72.6. The van der Waals surface area contributed by atoms with E-state index in [1.165, 1.54) is 107 Å². The van der Waals surface area contributed by atoms with Gasteiger partial charge in [-0.05, 0) is 144 Å². The number of nitrogens with zero attached hydrogens (tertiary/aromatic N) is 6. The summed E-state index contributed by atoms with van der Waals surface area (Å²) in [4.78, 5) is 18.8. The quantitative estimate of drug-likeness (QED) is 0.164. The molecule has 2 aliphatic rings. The van der Waals surface area contributed by atoms with Crippen molar-refractivity contribution in [3.05, 3.63) is 230 Å². The Balaban J connectivity index is 0.975. The van der Waals surface area contributed by atoms with Crippen LogP contribution in [0, 0.1) is 13.8 Å². The fourth-order valence-corrected chi connectivity index (χ4v) is 14.2. The molecule has 0 fully saturated rings. The van der Waals surface area contributed by atoms with Gasteiger partial charge in [0, 0.05) is 88.1 Å². The molecule has 0 saturated carbocycles. The third-order valence-electron chi connectivity index (χ3n) is 15.3. The predicted molar refractivity (Wildman–Crippen MR) is 310 cm³/mol. The second kappa shape index (κ2) is 15.8.